The second-order valence-corrected chi connectivity index (χ2v) is 8.34. The van der Waals surface area contributed by atoms with Crippen molar-refractivity contribution in [2.45, 2.75) is 38.6 Å². The molecule has 2 fully saturated rings. The van der Waals surface area contributed by atoms with E-state index in [4.69, 9.17) is 0 Å². The van der Waals surface area contributed by atoms with Gasteiger partial charge in [0.1, 0.15) is 0 Å². The predicted molar refractivity (Wildman–Crippen MR) is 114 cm³/mol. The number of amides is 2. The molecule has 29 heavy (non-hydrogen) atoms. The van der Waals surface area contributed by atoms with Gasteiger partial charge < -0.3 is 9.80 Å². The molecule has 0 spiro atoms. The quantitative estimate of drug-likeness (QED) is 0.778. The summed E-state index contributed by atoms with van der Waals surface area (Å²) < 4.78 is 0. The van der Waals surface area contributed by atoms with E-state index >= 15 is 0 Å². The van der Waals surface area contributed by atoms with Crippen molar-refractivity contribution in [3.8, 4) is 0 Å². The summed E-state index contributed by atoms with van der Waals surface area (Å²) in [5.41, 5.74) is 1.95. The summed E-state index contributed by atoms with van der Waals surface area (Å²) >= 11 is 0. The van der Waals surface area contributed by atoms with Crippen molar-refractivity contribution < 1.29 is 9.59 Å². The van der Waals surface area contributed by atoms with Crippen LogP contribution in [0.25, 0.3) is 0 Å². The lowest BCUT2D eigenvalue weighted by Crippen LogP contribution is -2.43. The van der Waals surface area contributed by atoms with Crippen LogP contribution in [0.15, 0.2) is 60.7 Å². The van der Waals surface area contributed by atoms with Crippen LogP contribution >= 0.6 is 0 Å². The Labute approximate surface area is 173 Å². The van der Waals surface area contributed by atoms with Gasteiger partial charge >= 0.3 is 0 Å². The SMILES string of the molecule is O=C(c1ccccc1)N1CCC(C2CCCCN(Cc3ccccc3)C2=O)CC1. The molecule has 4 rings (SSSR count). The Morgan fingerprint density at radius 3 is 2.17 bits per heavy atom. The van der Waals surface area contributed by atoms with Crippen LogP contribution in [0.4, 0.5) is 0 Å². The van der Waals surface area contributed by atoms with E-state index in [0.29, 0.717) is 18.4 Å². The van der Waals surface area contributed by atoms with E-state index in [-0.39, 0.29) is 11.8 Å². The molecule has 152 valence electrons. The molecule has 0 radical (unpaired) electrons. The molecule has 2 amide bonds. The van der Waals surface area contributed by atoms with Gasteiger partial charge in [0.2, 0.25) is 5.91 Å². The summed E-state index contributed by atoms with van der Waals surface area (Å²) in [5, 5.41) is 0. The largest absolute Gasteiger partial charge is 0.339 e. The van der Waals surface area contributed by atoms with Crippen molar-refractivity contribution in [3.05, 3.63) is 71.8 Å². The number of likely N-dealkylation sites (tertiary alicyclic amines) is 2. The van der Waals surface area contributed by atoms with Crippen LogP contribution in [-0.4, -0.2) is 41.2 Å². The minimum absolute atomic E-state index is 0.107. The molecule has 2 saturated heterocycles. The maximum absolute atomic E-state index is 13.3. The molecule has 0 aromatic heterocycles. The zero-order valence-corrected chi connectivity index (χ0v) is 17.0. The number of rotatable bonds is 4. The summed E-state index contributed by atoms with van der Waals surface area (Å²) in [7, 11) is 0. The first kappa shape index (κ1) is 19.7. The van der Waals surface area contributed by atoms with Crippen LogP contribution in [0.5, 0.6) is 0 Å². The number of carbonyl (C=O) groups is 2. The van der Waals surface area contributed by atoms with E-state index in [1.165, 1.54) is 5.56 Å². The van der Waals surface area contributed by atoms with Gasteiger partial charge in [0, 0.05) is 37.7 Å². The highest BCUT2D eigenvalue weighted by Crippen LogP contribution is 2.33. The Hall–Kier alpha value is -2.62. The number of hydrogen-bond acceptors (Lipinski definition) is 2. The number of carbonyl (C=O) groups excluding carboxylic acids is 2. The maximum Gasteiger partial charge on any atom is 0.253 e. The summed E-state index contributed by atoms with van der Waals surface area (Å²) in [4.78, 5) is 30.1. The third-order valence-corrected chi connectivity index (χ3v) is 6.45. The number of benzene rings is 2. The predicted octanol–water partition coefficient (Wildman–Crippen LogP) is 4.37. The number of piperidine rings is 1. The molecule has 4 nitrogen and oxygen atoms in total. The first-order valence-electron chi connectivity index (χ1n) is 10.9. The van der Waals surface area contributed by atoms with E-state index in [1.807, 2.05) is 53.4 Å². The summed E-state index contributed by atoms with van der Waals surface area (Å²) in [5.74, 6) is 0.926. The van der Waals surface area contributed by atoms with Crippen LogP contribution < -0.4 is 0 Å². The molecular weight excluding hydrogens is 360 g/mol. The first-order chi connectivity index (χ1) is 14.2. The molecule has 2 aromatic rings. The third-order valence-electron chi connectivity index (χ3n) is 6.45. The Balaban J connectivity index is 1.38. The van der Waals surface area contributed by atoms with Gasteiger partial charge in [-0.25, -0.2) is 0 Å². The van der Waals surface area contributed by atoms with Gasteiger partial charge in [-0.2, -0.15) is 0 Å². The minimum Gasteiger partial charge on any atom is -0.339 e. The van der Waals surface area contributed by atoms with E-state index in [2.05, 4.69) is 17.0 Å². The van der Waals surface area contributed by atoms with Crippen LogP contribution in [0.1, 0.15) is 48.0 Å². The summed E-state index contributed by atoms with van der Waals surface area (Å²) in [6, 6.07) is 19.8. The fourth-order valence-electron chi connectivity index (χ4n) is 4.80. The van der Waals surface area contributed by atoms with Gasteiger partial charge in [-0.3, -0.25) is 9.59 Å². The molecule has 1 atom stereocenters. The van der Waals surface area contributed by atoms with Crippen molar-refractivity contribution in [3.63, 3.8) is 0 Å². The fourth-order valence-corrected chi connectivity index (χ4v) is 4.80. The van der Waals surface area contributed by atoms with Gasteiger partial charge in [-0.05, 0) is 49.3 Å². The van der Waals surface area contributed by atoms with Gasteiger partial charge in [0.25, 0.3) is 5.91 Å². The van der Waals surface area contributed by atoms with Crippen LogP contribution in [0, 0.1) is 11.8 Å². The highest BCUT2D eigenvalue weighted by molar-refractivity contribution is 5.94. The fraction of sp³-hybridized carbons (Fsp3) is 0.440. The second-order valence-electron chi connectivity index (χ2n) is 8.34. The van der Waals surface area contributed by atoms with E-state index < -0.39 is 0 Å². The van der Waals surface area contributed by atoms with E-state index in [9.17, 15) is 9.59 Å². The lowest BCUT2D eigenvalue weighted by molar-refractivity contribution is -0.137. The number of hydrogen-bond donors (Lipinski definition) is 0. The minimum atomic E-state index is 0.107. The molecule has 0 bridgehead atoms. The van der Waals surface area contributed by atoms with Gasteiger partial charge in [0.15, 0.2) is 0 Å². The second kappa shape index (κ2) is 9.25. The van der Waals surface area contributed by atoms with Crippen LogP contribution in [0.2, 0.25) is 0 Å². The highest BCUT2D eigenvalue weighted by Gasteiger charge is 2.36. The normalized spacial score (nSPS) is 21.1. The molecule has 2 aliphatic rings. The molecule has 4 heteroatoms. The molecular formula is C25H30N2O2. The summed E-state index contributed by atoms with van der Waals surface area (Å²) in [6.07, 6.45) is 5.04. The van der Waals surface area contributed by atoms with E-state index in [1.54, 1.807) is 0 Å². The average Bonchev–Trinajstić information content (AvgIpc) is 2.96. The zero-order chi connectivity index (χ0) is 20.1. The Morgan fingerprint density at radius 2 is 1.48 bits per heavy atom. The molecule has 0 aliphatic carbocycles. The Kier molecular flexibility index (Phi) is 6.28. The van der Waals surface area contributed by atoms with Gasteiger partial charge in [-0.1, -0.05) is 55.0 Å². The maximum atomic E-state index is 13.3. The zero-order valence-electron chi connectivity index (χ0n) is 17.0. The Morgan fingerprint density at radius 1 is 0.828 bits per heavy atom. The Bertz CT molecular complexity index is 813. The number of nitrogens with zero attached hydrogens (tertiary/aromatic N) is 2. The smallest absolute Gasteiger partial charge is 0.253 e. The molecule has 0 N–H and O–H groups in total. The van der Waals surface area contributed by atoms with Gasteiger partial charge in [0.05, 0.1) is 0 Å². The van der Waals surface area contributed by atoms with Gasteiger partial charge in [-0.15, -0.1) is 0 Å². The van der Waals surface area contributed by atoms with Crippen molar-refractivity contribution in [1.82, 2.24) is 9.80 Å². The van der Waals surface area contributed by atoms with Crippen molar-refractivity contribution >= 4 is 11.8 Å². The summed E-state index contributed by atoms with van der Waals surface area (Å²) in [6.45, 7) is 3.07. The first-order valence-corrected chi connectivity index (χ1v) is 10.9. The van der Waals surface area contributed by atoms with Crippen LogP contribution in [-0.2, 0) is 11.3 Å². The molecule has 1 unspecified atom stereocenters. The average molecular weight is 391 g/mol. The molecule has 0 saturated carbocycles. The standard InChI is InChI=1S/C25H30N2O2/c28-24(22-11-5-2-6-12-22)26-17-14-21(15-18-26)23-13-7-8-16-27(25(23)29)19-20-9-3-1-4-10-20/h1-6,9-12,21,23H,7-8,13-19H2. The lowest BCUT2D eigenvalue weighted by atomic mass is 9.81. The third kappa shape index (κ3) is 4.69. The highest BCUT2D eigenvalue weighted by atomic mass is 16.2. The van der Waals surface area contributed by atoms with Crippen molar-refractivity contribution in [1.29, 1.82) is 0 Å². The monoisotopic (exact) mass is 390 g/mol. The van der Waals surface area contributed by atoms with E-state index in [0.717, 1.165) is 57.3 Å². The van der Waals surface area contributed by atoms with Crippen LogP contribution in [0.3, 0.4) is 0 Å². The van der Waals surface area contributed by atoms with Crippen molar-refractivity contribution in [2.75, 3.05) is 19.6 Å². The molecule has 2 aliphatic heterocycles. The van der Waals surface area contributed by atoms with Crippen molar-refractivity contribution in [2.24, 2.45) is 11.8 Å². The molecule has 2 heterocycles. The lowest BCUT2D eigenvalue weighted by Gasteiger charge is -2.36. The molecule has 2 aromatic carbocycles. The topological polar surface area (TPSA) is 40.6 Å².